The van der Waals surface area contributed by atoms with Crippen LogP contribution in [0.15, 0.2) is 97.3 Å². The predicted molar refractivity (Wildman–Crippen MR) is 137 cm³/mol. The molecule has 5 rings (SSSR count). The fourth-order valence-corrected chi connectivity index (χ4v) is 4.32. The van der Waals surface area contributed by atoms with Gasteiger partial charge in [-0.05, 0) is 59.5 Å². The van der Waals surface area contributed by atoms with Crippen molar-refractivity contribution in [2.24, 2.45) is 0 Å². The van der Waals surface area contributed by atoms with Crippen LogP contribution in [0.4, 0.5) is 11.4 Å². The lowest BCUT2D eigenvalue weighted by Gasteiger charge is -2.19. The lowest BCUT2D eigenvalue weighted by molar-refractivity contribution is 0.0951. The van der Waals surface area contributed by atoms with Crippen molar-refractivity contribution in [3.05, 3.63) is 125 Å². The Balaban J connectivity index is 1.23. The van der Waals surface area contributed by atoms with Gasteiger partial charge in [0.25, 0.3) is 11.8 Å². The van der Waals surface area contributed by atoms with E-state index in [2.05, 4.69) is 44.8 Å². The molecule has 0 saturated heterocycles. The minimum atomic E-state index is -0.258. The van der Waals surface area contributed by atoms with Crippen LogP contribution >= 0.6 is 0 Å². The van der Waals surface area contributed by atoms with Crippen LogP contribution in [0.2, 0.25) is 0 Å². The molecular formula is C29H26N4O2. The van der Waals surface area contributed by atoms with Crippen molar-refractivity contribution in [3.63, 3.8) is 0 Å². The summed E-state index contributed by atoms with van der Waals surface area (Å²) in [5, 5.41) is 5.77. The van der Waals surface area contributed by atoms with E-state index in [4.69, 9.17) is 0 Å². The fourth-order valence-electron chi connectivity index (χ4n) is 4.32. The van der Waals surface area contributed by atoms with Gasteiger partial charge in [0, 0.05) is 43.3 Å². The molecule has 6 heteroatoms. The zero-order valence-electron chi connectivity index (χ0n) is 19.3. The summed E-state index contributed by atoms with van der Waals surface area (Å²) < 4.78 is 0. The summed E-state index contributed by atoms with van der Waals surface area (Å²) in [6.07, 6.45) is 4.46. The molecule has 35 heavy (non-hydrogen) atoms. The number of aromatic nitrogens is 1. The first kappa shape index (κ1) is 22.3. The van der Waals surface area contributed by atoms with Gasteiger partial charge >= 0.3 is 0 Å². The van der Waals surface area contributed by atoms with Gasteiger partial charge in [-0.1, -0.05) is 48.5 Å². The number of para-hydroxylation sites is 2. The van der Waals surface area contributed by atoms with Gasteiger partial charge in [0.05, 0.1) is 11.3 Å². The minimum Gasteiger partial charge on any atom is -0.367 e. The summed E-state index contributed by atoms with van der Waals surface area (Å²) in [6.45, 7) is 2.16. The van der Waals surface area contributed by atoms with E-state index >= 15 is 0 Å². The maximum Gasteiger partial charge on any atom is 0.255 e. The Morgan fingerprint density at radius 1 is 0.829 bits per heavy atom. The summed E-state index contributed by atoms with van der Waals surface area (Å²) in [4.78, 5) is 32.1. The van der Waals surface area contributed by atoms with Crippen LogP contribution in [0.1, 0.15) is 37.4 Å². The second-order valence-electron chi connectivity index (χ2n) is 8.54. The fraction of sp³-hybridized carbons (Fsp3) is 0.138. The number of carbonyl (C=O) groups excluding carboxylic acids is 2. The quantitative estimate of drug-likeness (QED) is 0.413. The Kier molecular flexibility index (Phi) is 6.52. The second-order valence-corrected chi connectivity index (χ2v) is 8.54. The Labute approximate surface area is 204 Å². The van der Waals surface area contributed by atoms with E-state index in [1.165, 1.54) is 11.3 Å². The molecule has 0 saturated carbocycles. The molecule has 0 spiro atoms. The number of nitrogens with zero attached hydrogens (tertiary/aromatic N) is 2. The minimum absolute atomic E-state index is 0.254. The van der Waals surface area contributed by atoms with E-state index in [0.29, 0.717) is 23.4 Å². The summed E-state index contributed by atoms with van der Waals surface area (Å²) in [5.74, 6) is -0.512. The molecule has 0 atom stereocenters. The van der Waals surface area contributed by atoms with Crippen molar-refractivity contribution in [3.8, 4) is 0 Å². The topological polar surface area (TPSA) is 74.3 Å². The Bertz CT molecular complexity index is 1340. The molecule has 174 valence electrons. The van der Waals surface area contributed by atoms with E-state index in [-0.39, 0.29) is 11.8 Å². The number of anilines is 2. The molecule has 0 aliphatic carbocycles. The number of nitrogens with one attached hydrogen (secondary N) is 2. The molecule has 0 radical (unpaired) electrons. The summed E-state index contributed by atoms with van der Waals surface area (Å²) in [5.41, 5.74) is 6.14. The first-order valence-electron chi connectivity index (χ1n) is 11.7. The van der Waals surface area contributed by atoms with Crippen molar-refractivity contribution < 1.29 is 9.59 Å². The van der Waals surface area contributed by atoms with Gasteiger partial charge in [0.2, 0.25) is 0 Å². The van der Waals surface area contributed by atoms with E-state index in [1.54, 1.807) is 36.7 Å². The zero-order chi connectivity index (χ0) is 24.0. The van der Waals surface area contributed by atoms with E-state index in [0.717, 1.165) is 30.6 Å². The highest BCUT2D eigenvalue weighted by Gasteiger charge is 2.19. The summed E-state index contributed by atoms with van der Waals surface area (Å²) in [7, 11) is 0. The molecule has 0 bridgehead atoms. The predicted octanol–water partition coefficient (Wildman–Crippen LogP) is 4.83. The first-order chi connectivity index (χ1) is 17.2. The largest absolute Gasteiger partial charge is 0.367 e. The molecule has 1 aromatic heterocycles. The first-order valence-corrected chi connectivity index (χ1v) is 11.7. The van der Waals surface area contributed by atoms with Crippen molar-refractivity contribution in [2.75, 3.05) is 16.8 Å². The van der Waals surface area contributed by atoms with Gasteiger partial charge in [-0.2, -0.15) is 0 Å². The Morgan fingerprint density at radius 3 is 2.46 bits per heavy atom. The number of hydrogen-bond donors (Lipinski definition) is 2. The normalized spacial score (nSPS) is 12.2. The van der Waals surface area contributed by atoms with Crippen molar-refractivity contribution >= 4 is 23.2 Å². The van der Waals surface area contributed by atoms with Crippen LogP contribution in [0.25, 0.3) is 0 Å². The van der Waals surface area contributed by atoms with Crippen LogP contribution in [-0.4, -0.2) is 23.3 Å². The molecule has 2 heterocycles. The van der Waals surface area contributed by atoms with E-state index in [1.807, 2.05) is 36.4 Å². The zero-order valence-corrected chi connectivity index (χ0v) is 19.3. The lowest BCUT2D eigenvalue weighted by atomic mass is 10.1. The van der Waals surface area contributed by atoms with Gasteiger partial charge in [0.1, 0.15) is 0 Å². The number of benzene rings is 3. The standard InChI is InChI=1S/C29H26N4O2/c34-28(24-13-11-21(12-14-24)20-33-17-15-23-7-1-4-10-27(23)33)32-26-9-3-2-8-25(26)29(35)31-19-22-6-5-16-30-18-22/h1-14,16,18H,15,17,19-20H2,(H,31,35)(H,32,34). The SMILES string of the molecule is O=C(Nc1ccccc1C(=O)NCc1cccnc1)c1ccc(CN2CCc3ccccc32)cc1. The smallest absolute Gasteiger partial charge is 0.255 e. The van der Waals surface area contributed by atoms with Crippen molar-refractivity contribution in [1.29, 1.82) is 0 Å². The van der Waals surface area contributed by atoms with Gasteiger partial charge < -0.3 is 15.5 Å². The molecule has 1 aliphatic rings. The molecule has 3 aromatic carbocycles. The van der Waals surface area contributed by atoms with E-state index in [9.17, 15) is 9.59 Å². The van der Waals surface area contributed by atoms with Crippen molar-refractivity contribution in [1.82, 2.24) is 10.3 Å². The lowest BCUT2D eigenvalue weighted by Crippen LogP contribution is -2.25. The highest BCUT2D eigenvalue weighted by atomic mass is 16.2. The van der Waals surface area contributed by atoms with Crippen LogP contribution in [0.5, 0.6) is 0 Å². The highest BCUT2D eigenvalue weighted by molar-refractivity contribution is 6.09. The molecule has 0 fully saturated rings. The van der Waals surface area contributed by atoms with Gasteiger partial charge in [0.15, 0.2) is 0 Å². The molecule has 0 unspecified atom stereocenters. The third-order valence-corrected chi connectivity index (χ3v) is 6.17. The second kappa shape index (κ2) is 10.2. The summed E-state index contributed by atoms with van der Waals surface area (Å²) in [6, 6.07) is 26.9. The maximum absolute atomic E-state index is 12.9. The third-order valence-electron chi connectivity index (χ3n) is 6.17. The number of hydrogen-bond acceptors (Lipinski definition) is 4. The summed E-state index contributed by atoms with van der Waals surface area (Å²) >= 11 is 0. The molecule has 1 aliphatic heterocycles. The number of amides is 2. The maximum atomic E-state index is 12.9. The van der Waals surface area contributed by atoms with Crippen LogP contribution in [-0.2, 0) is 19.5 Å². The number of pyridine rings is 1. The Hall–Kier alpha value is -4.45. The average molecular weight is 463 g/mol. The molecule has 6 nitrogen and oxygen atoms in total. The van der Waals surface area contributed by atoms with Gasteiger partial charge in [-0.25, -0.2) is 0 Å². The molecule has 2 amide bonds. The van der Waals surface area contributed by atoms with Gasteiger partial charge in [-0.15, -0.1) is 0 Å². The third kappa shape index (κ3) is 5.22. The number of fused-ring (bicyclic) bond motifs is 1. The number of rotatable bonds is 7. The highest BCUT2D eigenvalue weighted by Crippen LogP contribution is 2.28. The Morgan fingerprint density at radius 2 is 1.63 bits per heavy atom. The average Bonchev–Trinajstić information content (AvgIpc) is 3.31. The number of carbonyl (C=O) groups is 2. The van der Waals surface area contributed by atoms with Crippen LogP contribution in [0.3, 0.4) is 0 Å². The monoisotopic (exact) mass is 462 g/mol. The van der Waals surface area contributed by atoms with Crippen LogP contribution in [0, 0.1) is 0 Å². The molecule has 4 aromatic rings. The van der Waals surface area contributed by atoms with Gasteiger partial charge in [-0.3, -0.25) is 14.6 Å². The van der Waals surface area contributed by atoms with Crippen LogP contribution < -0.4 is 15.5 Å². The van der Waals surface area contributed by atoms with Crippen molar-refractivity contribution in [2.45, 2.75) is 19.5 Å². The van der Waals surface area contributed by atoms with E-state index < -0.39 is 0 Å². The molecule has 2 N–H and O–H groups in total. The molecular weight excluding hydrogens is 436 g/mol.